The zero-order valence-electron chi connectivity index (χ0n) is 20.2. The standard InChI is InChI=1S/C24H28ClN3O6S/c1-15(2)32-20-11-8-17(14-19(20)25)22-27-23(34-28-22)16-6-9-18(10-7-16)35(30,31)26-13-12-21(29)33-24(3,4)5/h6-11,14-15,26H,12-13H2,1-5H3. The van der Waals surface area contributed by atoms with Crippen molar-refractivity contribution in [1.29, 1.82) is 0 Å². The quantitative estimate of drug-likeness (QED) is 0.396. The molecular formula is C24H28ClN3O6S. The van der Waals surface area contributed by atoms with E-state index in [1.54, 1.807) is 51.1 Å². The maximum Gasteiger partial charge on any atom is 0.307 e. The van der Waals surface area contributed by atoms with E-state index >= 15 is 0 Å². The van der Waals surface area contributed by atoms with Crippen molar-refractivity contribution in [1.82, 2.24) is 14.9 Å². The predicted molar refractivity (Wildman–Crippen MR) is 132 cm³/mol. The molecule has 3 aromatic rings. The highest BCUT2D eigenvalue weighted by atomic mass is 35.5. The molecule has 0 fully saturated rings. The number of aromatic nitrogens is 2. The summed E-state index contributed by atoms with van der Waals surface area (Å²) in [4.78, 5) is 16.2. The van der Waals surface area contributed by atoms with Crippen molar-refractivity contribution in [2.75, 3.05) is 6.54 Å². The third-order valence-electron chi connectivity index (χ3n) is 4.43. The monoisotopic (exact) mass is 521 g/mol. The number of ether oxygens (including phenoxy) is 2. The topological polar surface area (TPSA) is 121 Å². The highest BCUT2D eigenvalue weighted by molar-refractivity contribution is 7.89. The molecule has 0 atom stereocenters. The Labute approximate surface area is 209 Å². The van der Waals surface area contributed by atoms with Gasteiger partial charge in [-0.3, -0.25) is 4.79 Å². The maximum absolute atomic E-state index is 12.5. The number of carbonyl (C=O) groups is 1. The second kappa shape index (κ2) is 10.8. The number of sulfonamides is 1. The van der Waals surface area contributed by atoms with Crippen molar-refractivity contribution in [3.8, 4) is 28.6 Å². The van der Waals surface area contributed by atoms with Crippen molar-refractivity contribution in [2.45, 2.75) is 57.6 Å². The van der Waals surface area contributed by atoms with Crippen LogP contribution in [0.1, 0.15) is 41.0 Å². The van der Waals surface area contributed by atoms with Crippen molar-refractivity contribution < 1.29 is 27.2 Å². The summed E-state index contributed by atoms with van der Waals surface area (Å²) in [6.07, 6.45) is -0.0874. The Bertz CT molecular complexity index is 1280. The lowest BCUT2D eigenvalue weighted by Crippen LogP contribution is -2.29. The van der Waals surface area contributed by atoms with Gasteiger partial charge in [-0.05, 0) is 77.1 Å². The Kier molecular flexibility index (Phi) is 8.19. The molecule has 0 aliphatic rings. The number of benzene rings is 2. The van der Waals surface area contributed by atoms with E-state index in [-0.39, 0.29) is 29.9 Å². The molecular weight excluding hydrogens is 494 g/mol. The van der Waals surface area contributed by atoms with Crippen molar-refractivity contribution in [3.63, 3.8) is 0 Å². The number of esters is 1. The first-order valence-corrected chi connectivity index (χ1v) is 12.8. The molecule has 3 rings (SSSR count). The van der Waals surface area contributed by atoms with Gasteiger partial charge in [0.2, 0.25) is 15.8 Å². The lowest BCUT2D eigenvalue weighted by molar-refractivity contribution is -0.154. The number of nitrogens with one attached hydrogen (secondary N) is 1. The van der Waals surface area contributed by atoms with Gasteiger partial charge in [-0.1, -0.05) is 16.8 Å². The first-order valence-electron chi connectivity index (χ1n) is 11.0. The van der Waals surface area contributed by atoms with E-state index in [1.165, 1.54) is 12.1 Å². The van der Waals surface area contributed by atoms with E-state index in [0.717, 1.165) is 0 Å². The SMILES string of the molecule is CC(C)Oc1ccc(-c2noc(-c3ccc(S(=O)(=O)NCCC(=O)OC(C)(C)C)cc3)n2)cc1Cl. The molecule has 0 saturated carbocycles. The zero-order chi connectivity index (χ0) is 25.8. The third-order valence-corrected chi connectivity index (χ3v) is 6.20. The van der Waals surface area contributed by atoms with E-state index < -0.39 is 21.6 Å². The molecule has 1 N–H and O–H groups in total. The smallest absolute Gasteiger partial charge is 0.307 e. The van der Waals surface area contributed by atoms with Gasteiger partial charge < -0.3 is 14.0 Å². The summed E-state index contributed by atoms with van der Waals surface area (Å²) >= 11 is 6.29. The van der Waals surface area contributed by atoms with E-state index in [1.807, 2.05) is 13.8 Å². The number of hydrogen-bond donors (Lipinski definition) is 1. The van der Waals surface area contributed by atoms with Crippen LogP contribution < -0.4 is 9.46 Å². The average molecular weight is 522 g/mol. The molecule has 0 aliphatic carbocycles. The highest BCUT2D eigenvalue weighted by Crippen LogP contribution is 2.31. The van der Waals surface area contributed by atoms with Crippen molar-refractivity contribution in [3.05, 3.63) is 47.5 Å². The van der Waals surface area contributed by atoms with E-state index in [4.69, 9.17) is 25.6 Å². The maximum atomic E-state index is 12.5. The highest BCUT2D eigenvalue weighted by Gasteiger charge is 2.19. The van der Waals surface area contributed by atoms with Gasteiger partial charge in [0, 0.05) is 17.7 Å². The Morgan fingerprint density at radius 3 is 2.37 bits per heavy atom. The summed E-state index contributed by atoms with van der Waals surface area (Å²) in [5.74, 6) is 0.635. The molecule has 1 aromatic heterocycles. The largest absolute Gasteiger partial charge is 0.489 e. The predicted octanol–water partition coefficient (Wildman–Crippen LogP) is 4.85. The summed E-state index contributed by atoms with van der Waals surface area (Å²) in [5, 5.41) is 4.42. The van der Waals surface area contributed by atoms with E-state index in [2.05, 4.69) is 14.9 Å². The summed E-state index contributed by atoms with van der Waals surface area (Å²) in [6, 6.07) is 11.2. The fourth-order valence-corrected chi connectivity index (χ4v) is 4.24. The molecule has 9 nitrogen and oxygen atoms in total. The number of rotatable bonds is 9. The molecule has 0 saturated heterocycles. The normalized spacial score (nSPS) is 12.1. The number of hydrogen-bond acceptors (Lipinski definition) is 8. The fraction of sp³-hybridized carbons (Fsp3) is 0.375. The Balaban J connectivity index is 1.66. The first-order chi connectivity index (χ1) is 16.3. The van der Waals surface area contributed by atoms with Crippen LogP contribution in [0.15, 0.2) is 51.9 Å². The number of nitrogens with zero attached hydrogens (tertiary/aromatic N) is 2. The summed E-state index contributed by atoms with van der Waals surface area (Å²) < 4.78 is 43.6. The van der Waals surface area contributed by atoms with Gasteiger partial charge in [0.15, 0.2) is 0 Å². The third kappa shape index (κ3) is 7.51. The average Bonchev–Trinajstić information content (AvgIpc) is 3.24. The zero-order valence-corrected chi connectivity index (χ0v) is 21.7. The lowest BCUT2D eigenvalue weighted by Gasteiger charge is -2.19. The second-order valence-corrected chi connectivity index (χ2v) is 11.2. The van der Waals surface area contributed by atoms with Crippen LogP contribution in [0.3, 0.4) is 0 Å². The lowest BCUT2D eigenvalue weighted by atomic mass is 10.2. The Morgan fingerprint density at radius 2 is 1.77 bits per heavy atom. The van der Waals surface area contributed by atoms with Gasteiger partial charge in [-0.15, -0.1) is 0 Å². The molecule has 0 amide bonds. The number of carbonyl (C=O) groups excluding carboxylic acids is 1. The van der Waals surface area contributed by atoms with Gasteiger partial charge in [0.1, 0.15) is 11.4 Å². The summed E-state index contributed by atoms with van der Waals surface area (Å²) in [7, 11) is -3.80. The van der Waals surface area contributed by atoms with Gasteiger partial charge >= 0.3 is 5.97 Å². The molecule has 11 heteroatoms. The molecule has 0 radical (unpaired) electrons. The van der Waals surface area contributed by atoms with Crippen LogP contribution in [0.25, 0.3) is 22.8 Å². The van der Waals surface area contributed by atoms with Gasteiger partial charge in [-0.2, -0.15) is 4.98 Å². The van der Waals surface area contributed by atoms with Crippen LogP contribution in [0.4, 0.5) is 0 Å². The molecule has 35 heavy (non-hydrogen) atoms. The minimum Gasteiger partial charge on any atom is -0.489 e. The van der Waals surface area contributed by atoms with Crippen molar-refractivity contribution >= 4 is 27.6 Å². The van der Waals surface area contributed by atoms with Crippen LogP contribution in [0, 0.1) is 0 Å². The van der Waals surface area contributed by atoms with Crippen LogP contribution in [-0.2, 0) is 19.6 Å². The van der Waals surface area contributed by atoms with Crippen molar-refractivity contribution in [2.24, 2.45) is 0 Å². The number of halogens is 1. The van der Waals surface area contributed by atoms with Crippen LogP contribution in [0.2, 0.25) is 5.02 Å². The fourth-order valence-electron chi connectivity index (χ4n) is 2.99. The van der Waals surface area contributed by atoms with Crippen LogP contribution in [0.5, 0.6) is 5.75 Å². The Hall–Kier alpha value is -2.95. The minimum atomic E-state index is -3.80. The Morgan fingerprint density at radius 1 is 1.11 bits per heavy atom. The van der Waals surface area contributed by atoms with Gasteiger partial charge in [0.25, 0.3) is 5.89 Å². The first kappa shape index (κ1) is 26.7. The minimum absolute atomic E-state index is 0.0120. The van der Waals surface area contributed by atoms with E-state index in [0.29, 0.717) is 27.7 Å². The molecule has 0 unspecified atom stereocenters. The molecule has 0 bridgehead atoms. The molecule has 0 spiro atoms. The molecule has 188 valence electrons. The molecule has 2 aromatic carbocycles. The summed E-state index contributed by atoms with van der Waals surface area (Å²) in [6.45, 7) is 8.98. The molecule has 1 heterocycles. The van der Waals surface area contributed by atoms with Gasteiger partial charge in [-0.25, -0.2) is 13.1 Å². The second-order valence-electron chi connectivity index (χ2n) is 8.99. The van der Waals surface area contributed by atoms with Gasteiger partial charge in [0.05, 0.1) is 22.4 Å². The molecule has 0 aliphatic heterocycles. The van der Waals surface area contributed by atoms with Crippen LogP contribution >= 0.6 is 11.6 Å². The van der Waals surface area contributed by atoms with Crippen LogP contribution in [-0.4, -0.2) is 42.8 Å². The van der Waals surface area contributed by atoms with E-state index in [9.17, 15) is 13.2 Å². The summed E-state index contributed by atoms with van der Waals surface area (Å²) in [5.41, 5.74) is 0.565.